The summed E-state index contributed by atoms with van der Waals surface area (Å²) in [6.07, 6.45) is 0. The molecule has 3 aromatic rings. The van der Waals surface area contributed by atoms with Crippen LogP contribution in [0.4, 0.5) is 11.4 Å². The van der Waals surface area contributed by atoms with Crippen molar-refractivity contribution in [1.29, 1.82) is 0 Å². The number of hydrogen-bond donors (Lipinski definition) is 3. The van der Waals surface area contributed by atoms with E-state index in [-0.39, 0.29) is 45.8 Å². The van der Waals surface area contributed by atoms with Gasteiger partial charge in [0, 0.05) is 65.0 Å². The van der Waals surface area contributed by atoms with Crippen molar-refractivity contribution < 1.29 is 79.0 Å². The summed E-state index contributed by atoms with van der Waals surface area (Å²) in [5, 5.41) is 9.53. The summed E-state index contributed by atoms with van der Waals surface area (Å²) in [6.45, 7) is 1.27. The molecule has 2 N–H and O–H groups in total. The lowest BCUT2D eigenvalue weighted by Crippen LogP contribution is -2.32. The van der Waals surface area contributed by atoms with Gasteiger partial charge >= 0.3 is 10.4 Å². The Morgan fingerprint density at radius 1 is 0.833 bits per heavy atom. The van der Waals surface area contributed by atoms with Gasteiger partial charge in [-0.15, -0.1) is 0 Å². The van der Waals surface area contributed by atoms with Crippen LogP contribution in [0, 0.1) is 0 Å². The zero-order chi connectivity index (χ0) is 44.5. The van der Waals surface area contributed by atoms with E-state index in [2.05, 4.69) is 30.6 Å². The molecule has 1 aliphatic carbocycles. The minimum absolute atomic E-state index is 0.0217. The van der Waals surface area contributed by atoms with Gasteiger partial charge in [0.25, 0.3) is 10.1 Å². The van der Waals surface area contributed by atoms with Crippen molar-refractivity contribution in [3.05, 3.63) is 90.3 Å². The Balaban J connectivity index is 0.00000150. The highest BCUT2D eigenvalue weighted by molar-refractivity contribution is 7.91. The topological polar surface area (TPSA) is 297 Å². The zero-order valence-electron chi connectivity index (χ0n) is 31.3. The first-order valence-corrected chi connectivity index (χ1v) is 24.6. The lowest BCUT2D eigenvalue weighted by atomic mass is 9.93. The monoisotopic (exact) mass is 953 g/mol. The van der Waals surface area contributed by atoms with Gasteiger partial charge in [-0.05, 0) is 49.4 Å². The lowest BCUT2D eigenvalue weighted by Gasteiger charge is -2.25. The summed E-state index contributed by atoms with van der Waals surface area (Å²) in [7, 11) is -15.4. The minimum Gasteiger partial charge on any atom is -0.750 e. The molecule has 0 fully saturated rings. The molecule has 0 spiro atoms. The second-order valence-corrected chi connectivity index (χ2v) is 19.9. The van der Waals surface area contributed by atoms with Crippen LogP contribution >= 0.6 is 12.9 Å². The second kappa shape index (κ2) is 20.8. The average Bonchev–Trinajstić information content (AvgIpc) is 3.18. The van der Waals surface area contributed by atoms with E-state index in [1.165, 1.54) is 24.3 Å². The zero-order valence-corrected chi connectivity index (χ0v) is 36.3. The maximum atomic E-state index is 13.0. The predicted molar refractivity (Wildman–Crippen MR) is 218 cm³/mol. The van der Waals surface area contributed by atoms with E-state index in [9.17, 15) is 38.2 Å². The Labute approximate surface area is 353 Å². The Morgan fingerprint density at radius 3 is 2.15 bits per heavy atom. The number of benzene rings is 4. The van der Waals surface area contributed by atoms with Crippen molar-refractivity contribution in [3.63, 3.8) is 0 Å². The smallest absolute Gasteiger partial charge is 0.397 e. The third-order valence-electron chi connectivity index (χ3n) is 8.59. The third-order valence-corrected chi connectivity index (χ3v) is 13.5. The fraction of sp³-hybridized carbons (Fsp3) is 0.265. The fourth-order valence-corrected chi connectivity index (χ4v) is 9.27. The van der Waals surface area contributed by atoms with Crippen LogP contribution in [-0.2, 0) is 69.3 Å². The molecule has 1 heterocycles. The molecular formula is C34H37N2O18S6-. The van der Waals surface area contributed by atoms with Crippen LogP contribution in [0.25, 0.3) is 33.4 Å². The standard InChI is InChI=1S/C34H36N2O14S5.H2O4S/c1-3-36(25-7-6-8-27(21-25)53(39,40)20-16-47-50-51)26-12-14-29-32(23-26)49-31-22-24(35(2)15-18-52(37,38)19-17-48-55(44,45)46)11-13-28(31)34(29)30-9-4-5-10-33(30)54(41,42)43;1-4-5(2)3/h4-14,21-23H,3,15-20H2,1-2H3,(H2-,41,42,43,44,45,46,51);1H,(H,2,3)/p-1. The maximum Gasteiger partial charge on any atom is 0.397 e. The van der Waals surface area contributed by atoms with Crippen LogP contribution in [-0.4, -0.2) is 102 Å². The first kappa shape index (κ1) is 48.8. The molecule has 5 rings (SSSR count). The molecule has 26 heteroatoms. The first-order valence-electron chi connectivity index (χ1n) is 17.0. The number of anilines is 2. The molecule has 0 bridgehead atoms. The van der Waals surface area contributed by atoms with E-state index < -0.39 is 63.9 Å². The number of sulfone groups is 2. The molecule has 0 radical (unpaired) electrons. The summed E-state index contributed by atoms with van der Waals surface area (Å²) in [5.41, 5.74) is 2.55. The van der Waals surface area contributed by atoms with E-state index in [4.69, 9.17) is 23.0 Å². The molecule has 0 saturated carbocycles. The van der Waals surface area contributed by atoms with Gasteiger partial charge in [-0.2, -0.15) is 21.2 Å². The third kappa shape index (κ3) is 13.3. The average molecular weight is 954 g/mol. The van der Waals surface area contributed by atoms with Crippen LogP contribution in [0.15, 0.2) is 99.1 Å². The van der Waals surface area contributed by atoms with Crippen LogP contribution in [0.3, 0.4) is 0 Å². The summed E-state index contributed by atoms with van der Waals surface area (Å²) in [4.78, 5) is 6.20. The molecule has 2 aliphatic rings. The molecule has 1 aliphatic heterocycles. The Bertz CT molecular complexity index is 2830. The van der Waals surface area contributed by atoms with Crippen molar-refractivity contribution in [2.75, 3.05) is 55.5 Å². The minimum atomic E-state index is -4.79. The molecule has 60 heavy (non-hydrogen) atoms. The van der Waals surface area contributed by atoms with E-state index in [0.717, 1.165) is 0 Å². The van der Waals surface area contributed by atoms with Crippen molar-refractivity contribution in [1.82, 2.24) is 4.58 Å². The normalized spacial score (nSPS) is 13.4. The van der Waals surface area contributed by atoms with E-state index in [1.54, 1.807) is 72.3 Å². The Hall–Kier alpha value is -3.87. The Kier molecular flexibility index (Phi) is 16.9. The second-order valence-electron chi connectivity index (χ2n) is 12.4. The van der Waals surface area contributed by atoms with Gasteiger partial charge in [-0.1, -0.05) is 24.3 Å². The molecule has 1 unspecified atom stereocenters. The molecular weight excluding hydrogens is 917 g/mol. The number of fused-ring (bicyclic) bond motifs is 2. The fourth-order valence-electron chi connectivity index (χ4n) is 5.89. The van der Waals surface area contributed by atoms with Crippen LogP contribution in [0.2, 0.25) is 0 Å². The summed E-state index contributed by atoms with van der Waals surface area (Å²) >= 11 is 0.578. The van der Waals surface area contributed by atoms with Crippen LogP contribution in [0.5, 0.6) is 0 Å². The van der Waals surface area contributed by atoms with Gasteiger partial charge in [0.2, 0.25) is 5.36 Å². The van der Waals surface area contributed by atoms with Crippen molar-refractivity contribution in [3.8, 4) is 22.5 Å². The number of hydrogen-bond acceptors (Lipinski definition) is 18. The van der Waals surface area contributed by atoms with Crippen molar-refractivity contribution >= 4 is 86.8 Å². The van der Waals surface area contributed by atoms with Gasteiger partial charge in [0.1, 0.15) is 29.0 Å². The van der Waals surface area contributed by atoms with Crippen molar-refractivity contribution in [2.24, 2.45) is 0 Å². The molecule has 1 atom stereocenters. The molecule has 328 valence electrons. The highest BCUT2D eigenvalue weighted by Crippen LogP contribution is 2.43. The van der Waals surface area contributed by atoms with Gasteiger partial charge in [-0.25, -0.2) is 34.7 Å². The molecule has 0 aromatic heterocycles. The number of rotatable bonds is 18. The SMILES string of the molecule is CCN(c1cccc(S(=O)(=O)CCOOS)c1)c1ccc2c(-c3ccccc3S(=O)(=O)O)c3ccc(=[N+](C)CCS(=O)(=O)CCOS(=O)(=O)O)cc-3oc2c1.O=S([O-])O[O-]. The van der Waals surface area contributed by atoms with Crippen LogP contribution < -0.4 is 20.1 Å². The molecule has 0 amide bonds. The molecule has 20 nitrogen and oxygen atoms in total. The van der Waals surface area contributed by atoms with Gasteiger partial charge in [0.15, 0.2) is 26.2 Å². The van der Waals surface area contributed by atoms with Crippen molar-refractivity contribution in [2.45, 2.75) is 16.7 Å². The number of nitrogens with zero attached hydrogens (tertiary/aromatic N) is 2. The highest BCUT2D eigenvalue weighted by atomic mass is 32.3. The van der Waals surface area contributed by atoms with Gasteiger partial charge in [0.05, 0.1) is 47.0 Å². The maximum absolute atomic E-state index is 13.0. The molecule has 0 saturated heterocycles. The first-order chi connectivity index (χ1) is 28.1. The summed E-state index contributed by atoms with van der Waals surface area (Å²) < 4.78 is 153. The largest absolute Gasteiger partial charge is 0.750 e. The van der Waals surface area contributed by atoms with E-state index >= 15 is 0 Å². The lowest BCUT2D eigenvalue weighted by molar-refractivity contribution is -0.635. The molecule has 3 aromatic carbocycles. The van der Waals surface area contributed by atoms with Crippen LogP contribution in [0.1, 0.15) is 6.92 Å². The summed E-state index contributed by atoms with van der Waals surface area (Å²) in [5.74, 6) is -1.09. The highest BCUT2D eigenvalue weighted by Gasteiger charge is 2.25. The summed E-state index contributed by atoms with van der Waals surface area (Å²) in [6, 6.07) is 22.5. The van der Waals surface area contributed by atoms with Gasteiger partial charge in [-0.3, -0.25) is 9.11 Å². The van der Waals surface area contributed by atoms with E-state index in [0.29, 0.717) is 45.4 Å². The predicted octanol–water partition coefficient (Wildman–Crippen LogP) is 1.88. The Morgan fingerprint density at radius 2 is 1.52 bits per heavy atom. The number of thiol groups is 1. The van der Waals surface area contributed by atoms with Gasteiger partial charge < -0.3 is 23.5 Å². The quantitative estimate of drug-likeness (QED) is 0.0130. The van der Waals surface area contributed by atoms with E-state index in [1.807, 2.05) is 11.8 Å².